The van der Waals surface area contributed by atoms with Gasteiger partial charge in [0.15, 0.2) is 5.78 Å². The van der Waals surface area contributed by atoms with Gasteiger partial charge in [0.25, 0.3) is 0 Å². The minimum absolute atomic E-state index is 0.0475. The minimum Gasteiger partial charge on any atom is -0.376 e. The summed E-state index contributed by atoms with van der Waals surface area (Å²) in [5, 5.41) is 3.21. The third kappa shape index (κ3) is 6.21. The van der Waals surface area contributed by atoms with Crippen molar-refractivity contribution < 1.29 is 9.59 Å². The molecule has 0 radical (unpaired) electrons. The number of ketones is 1. The molecule has 0 aliphatic rings. The summed E-state index contributed by atoms with van der Waals surface area (Å²) >= 11 is 3.46. The number of carbonyl (C=O) groups excluding carboxylic acids is 2. The number of amides is 1. The summed E-state index contributed by atoms with van der Waals surface area (Å²) in [6, 6.07) is 34.5. The largest absolute Gasteiger partial charge is 0.376 e. The molecule has 0 spiro atoms. The first-order valence-corrected chi connectivity index (χ1v) is 11.9. The summed E-state index contributed by atoms with van der Waals surface area (Å²) in [6.45, 7) is 1.09. The Morgan fingerprint density at radius 3 is 1.79 bits per heavy atom. The number of carbonyl (C=O) groups is 2. The van der Waals surface area contributed by atoms with Crippen LogP contribution in [0.5, 0.6) is 0 Å². The highest BCUT2D eigenvalue weighted by Gasteiger charge is 2.18. The maximum absolute atomic E-state index is 13.3. The van der Waals surface area contributed by atoms with Crippen LogP contribution in [0.2, 0.25) is 0 Å². The Hall–Kier alpha value is -3.70. The number of anilines is 1. The molecule has 4 nitrogen and oxygen atoms in total. The quantitative estimate of drug-likeness (QED) is 0.267. The van der Waals surface area contributed by atoms with Crippen molar-refractivity contribution in [1.29, 1.82) is 0 Å². The Balaban J connectivity index is 1.52. The molecule has 170 valence electrons. The van der Waals surface area contributed by atoms with Gasteiger partial charge in [0.05, 0.1) is 6.54 Å². The van der Waals surface area contributed by atoms with Gasteiger partial charge in [0.1, 0.15) is 0 Å². The predicted octanol–water partition coefficient (Wildman–Crippen LogP) is 6.32. The fourth-order valence-electron chi connectivity index (χ4n) is 3.73. The molecule has 34 heavy (non-hydrogen) atoms. The monoisotopic (exact) mass is 512 g/mol. The minimum atomic E-state index is -0.0951. The SMILES string of the molecule is O=C(c1ccccc1)c1cc(Br)ccc1NCC(=O)N(Cc1ccccc1)Cc1ccccc1. The maximum Gasteiger partial charge on any atom is 0.242 e. The van der Waals surface area contributed by atoms with Crippen LogP contribution < -0.4 is 5.32 Å². The summed E-state index contributed by atoms with van der Waals surface area (Å²) in [6.07, 6.45) is 0. The number of nitrogens with one attached hydrogen (secondary N) is 1. The molecule has 0 heterocycles. The molecule has 4 rings (SSSR count). The lowest BCUT2D eigenvalue weighted by molar-refractivity contribution is -0.130. The fourth-order valence-corrected chi connectivity index (χ4v) is 4.09. The van der Waals surface area contributed by atoms with Crippen LogP contribution in [0.25, 0.3) is 0 Å². The molecule has 0 unspecified atom stereocenters. The summed E-state index contributed by atoms with van der Waals surface area (Å²) in [5.74, 6) is -0.143. The molecule has 0 saturated carbocycles. The highest BCUT2D eigenvalue weighted by atomic mass is 79.9. The molecule has 0 bridgehead atoms. The van der Waals surface area contributed by atoms with Gasteiger partial charge in [-0.3, -0.25) is 9.59 Å². The van der Waals surface area contributed by atoms with Gasteiger partial charge < -0.3 is 10.2 Å². The van der Waals surface area contributed by atoms with Gasteiger partial charge in [0.2, 0.25) is 5.91 Å². The molecule has 0 aliphatic carbocycles. The van der Waals surface area contributed by atoms with E-state index in [9.17, 15) is 9.59 Å². The molecule has 4 aromatic carbocycles. The van der Waals surface area contributed by atoms with E-state index in [-0.39, 0.29) is 18.2 Å². The van der Waals surface area contributed by atoms with Gasteiger partial charge in [-0.25, -0.2) is 0 Å². The summed E-state index contributed by atoms with van der Waals surface area (Å²) in [5.41, 5.74) is 3.88. The summed E-state index contributed by atoms with van der Waals surface area (Å²) < 4.78 is 0.804. The van der Waals surface area contributed by atoms with Crippen LogP contribution in [0.1, 0.15) is 27.0 Å². The molecule has 1 amide bonds. The second-order valence-electron chi connectivity index (χ2n) is 7.96. The van der Waals surface area contributed by atoms with E-state index >= 15 is 0 Å². The molecule has 5 heteroatoms. The van der Waals surface area contributed by atoms with Crippen molar-refractivity contribution in [3.05, 3.63) is 136 Å². The van der Waals surface area contributed by atoms with Crippen LogP contribution in [-0.2, 0) is 17.9 Å². The molecular formula is C29H25BrN2O2. The van der Waals surface area contributed by atoms with E-state index in [1.807, 2.05) is 95.9 Å². The van der Waals surface area contributed by atoms with Crippen molar-refractivity contribution in [3.8, 4) is 0 Å². The molecular weight excluding hydrogens is 488 g/mol. The van der Waals surface area contributed by atoms with Gasteiger partial charge in [-0.1, -0.05) is 107 Å². The first-order chi connectivity index (χ1) is 16.6. The first kappa shape index (κ1) is 23.5. The Morgan fingerprint density at radius 2 is 1.24 bits per heavy atom. The van der Waals surface area contributed by atoms with Crippen molar-refractivity contribution >= 4 is 33.3 Å². The van der Waals surface area contributed by atoms with Crippen LogP contribution in [0.15, 0.2) is 114 Å². The second-order valence-corrected chi connectivity index (χ2v) is 8.88. The molecule has 4 aromatic rings. The zero-order chi connectivity index (χ0) is 23.8. The van der Waals surface area contributed by atoms with Crippen molar-refractivity contribution in [2.75, 3.05) is 11.9 Å². The van der Waals surface area contributed by atoms with Crippen LogP contribution in [-0.4, -0.2) is 23.1 Å². The number of rotatable bonds is 9. The molecule has 0 fully saturated rings. The lowest BCUT2D eigenvalue weighted by atomic mass is 10.0. The molecule has 0 atom stereocenters. The van der Waals surface area contributed by atoms with Crippen molar-refractivity contribution in [2.24, 2.45) is 0 Å². The van der Waals surface area contributed by atoms with Crippen LogP contribution in [0.3, 0.4) is 0 Å². The molecule has 0 aromatic heterocycles. The zero-order valence-electron chi connectivity index (χ0n) is 18.7. The fraction of sp³-hybridized carbons (Fsp3) is 0.103. The lowest BCUT2D eigenvalue weighted by Gasteiger charge is -2.24. The number of halogens is 1. The van der Waals surface area contributed by atoms with Gasteiger partial charge >= 0.3 is 0 Å². The van der Waals surface area contributed by atoms with E-state index in [1.165, 1.54) is 0 Å². The third-order valence-corrected chi connectivity index (χ3v) is 5.97. The topological polar surface area (TPSA) is 49.4 Å². The molecule has 1 N–H and O–H groups in total. The standard InChI is InChI=1S/C29H25BrN2O2/c30-25-16-17-27(26(18-25)29(34)24-14-8-3-9-15-24)31-19-28(33)32(20-22-10-4-1-5-11-22)21-23-12-6-2-7-13-23/h1-18,31H,19-21H2. The first-order valence-electron chi connectivity index (χ1n) is 11.1. The normalized spacial score (nSPS) is 10.5. The average Bonchev–Trinajstić information content (AvgIpc) is 2.88. The summed E-state index contributed by atoms with van der Waals surface area (Å²) in [7, 11) is 0. The highest BCUT2D eigenvalue weighted by Crippen LogP contribution is 2.24. The van der Waals surface area contributed by atoms with E-state index in [0.717, 1.165) is 15.6 Å². The van der Waals surface area contributed by atoms with Crippen LogP contribution in [0.4, 0.5) is 5.69 Å². The van der Waals surface area contributed by atoms with E-state index in [4.69, 9.17) is 0 Å². The smallest absolute Gasteiger partial charge is 0.242 e. The van der Waals surface area contributed by atoms with Gasteiger partial charge in [-0.15, -0.1) is 0 Å². The average molecular weight is 513 g/mol. The number of nitrogens with zero attached hydrogens (tertiary/aromatic N) is 1. The molecule has 0 saturated heterocycles. The van der Waals surface area contributed by atoms with Crippen LogP contribution >= 0.6 is 15.9 Å². The van der Waals surface area contributed by atoms with E-state index in [0.29, 0.717) is 29.9 Å². The Labute approximate surface area is 208 Å². The van der Waals surface area contributed by atoms with Gasteiger partial charge in [-0.05, 0) is 29.3 Å². The zero-order valence-corrected chi connectivity index (χ0v) is 20.2. The number of benzene rings is 4. The van der Waals surface area contributed by atoms with E-state index in [2.05, 4.69) is 21.2 Å². The maximum atomic E-state index is 13.3. The Bertz CT molecular complexity index is 1200. The molecule has 0 aliphatic heterocycles. The van der Waals surface area contributed by atoms with E-state index < -0.39 is 0 Å². The van der Waals surface area contributed by atoms with Crippen molar-refractivity contribution in [2.45, 2.75) is 13.1 Å². The van der Waals surface area contributed by atoms with Crippen molar-refractivity contribution in [1.82, 2.24) is 4.90 Å². The number of hydrogen-bond donors (Lipinski definition) is 1. The Kier molecular flexibility index (Phi) is 7.89. The van der Waals surface area contributed by atoms with Crippen molar-refractivity contribution in [3.63, 3.8) is 0 Å². The highest BCUT2D eigenvalue weighted by molar-refractivity contribution is 9.10. The van der Waals surface area contributed by atoms with Crippen LogP contribution in [0, 0.1) is 0 Å². The van der Waals surface area contributed by atoms with E-state index in [1.54, 1.807) is 18.2 Å². The second kappa shape index (κ2) is 11.4. The summed E-state index contributed by atoms with van der Waals surface area (Å²) in [4.78, 5) is 28.3. The Morgan fingerprint density at radius 1 is 0.706 bits per heavy atom. The lowest BCUT2D eigenvalue weighted by Crippen LogP contribution is -2.35. The third-order valence-electron chi connectivity index (χ3n) is 5.48. The predicted molar refractivity (Wildman–Crippen MR) is 140 cm³/mol. The van der Waals surface area contributed by atoms with Gasteiger partial charge in [0, 0.05) is 34.4 Å². The van der Waals surface area contributed by atoms with Gasteiger partial charge in [-0.2, -0.15) is 0 Å². The number of hydrogen-bond acceptors (Lipinski definition) is 3.